The van der Waals surface area contributed by atoms with Crippen molar-refractivity contribution in [3.8, 4) is 11.5 Å². The zero-order valence-electron chi connectivity index (χ0n) is 11.7. The molecule has 2 aromatic rings. The molecule has 0 fully saturated rings. The predicted molar refractivity (Wildman–Crippen MR) is 73.7 cm³/mol. The lowest BCUT2D eigenvalue weighted by atomic mass is 10.1. The highest BCUT2D eigenvalue weighted by Gasteiger charge is 2.09. The van der Waals surface area contributed by atoms with Crippen molar-refractivity contribution in [1.29, 1.82) is 0 Å². The lowest BCUT2D eigenvalue weighted by molar-refractivity contribution is -0.121. The van der Waals surface area contributed by atoms with E-state index < -0.39 is 0 Å². The first-order chi connectivity index (χ1) is 9.65. The highest BCUT2D eigenvalue weighted by Crippen LogP contribution is 2.14. The third-order valence-corrected chi connectivity index (χ3v) is 2.64. The number of nitrogens with one attached hydrogen (secondary N) is 1. The van der Waals surface area contributed by atoms with Crippen molar-refractivity contribution in [1.82, 2.24) is 20.4 Å². The molecule has 0 saturated heterocycles. The number of rotatable bonds is 6. The van der Waals surface area contributed by atoms with Crippen molar-refractivity contribution < 1.29 is 9.32 Å². The summed E-state index contributed by atoms with van der Waals surface area (Å²) in [6.07, 6.45) is 4.44. The smallest absolute Gasteiger partial charge is 0.259 e. The van der Waals surface area contributed by atoms with Crippen molar-refractivity contribution in [2.75, 3.05) is 6.54 Å². The Bertz CT molecular complexity index is 551. The zero-order valence-corrected chi connectivity index (χ0v) is 11.7. The lowest BCUT2D eigenvalue weighted by Crippen LogP contribution is -2.26. The fourth-order valence-corrected chi connectivity index (χ4v) is 1.72. The van der Waals surface area contributed by atoms with Gasteiger partial charge in [0.15, 0.2) is 5.82 Å². The molecule has 20 heavy (non-hydrogen) atoms. The van der Waals surface area contributed by atoms with Gasteiger partial charge in [-0.2, -0.15) is 4.98 Å². The third kappa shape index (κ3) is 4.15. The Morgan fingerprint density at radius 2 is 2.30 bits per heavy atom. The van der Waals surface area contributed by atoms with Gasteiger partial charge in [0.05, 0.1) is 5.56 Å². The van der Waals surface area contributed by atoms with Crippen LogP contribution in [-0.2, 0) is 11.2 Å². The quantitative estimate of drug-likeness (QED) is 0.869. The van der Waals surface area contributed by atoms with E-state index in [4.69, 9.17) is 4.52 Å². The third-order valence-electron chi connectivity index (χ3n) is 2.64. The molecule has 0 bridgehead atoms. The summed E-state index contributed by atoms with van der Waals surface area (Å²) in [6, 6.07) is 3.67. The van der Waals surface area contributed by atoms with Gasteiger partial charge >= 0.3 is 0 Å². The van der Waals surface area contributed by atoms with E-state index in [0.29, 0.717) is 37.0 Å². The Hall–Kier alpha value is -2.24. The van der Waals surface area contributed by atoms with Crippen LogP contribution in [0.2, 0.25) is 0 Å². The number of nitrogens with zero attached hydrogens (tertiary/aromatic N) is 3. The van der Waals surface area contributed by atoms with Crippen LogP contribution in [0.5, 0.6) is 0 Å². The molecule has 2 rings (SSSR count). The highest BCUT2D eigenvalue weighted by atomic mass is 16.5. The van der Waals surface area contributed by atoms with Gasteiger partial charge in [0.2, 0.25) is 5.91 Å². The van der Waals surface area contributed by atoms with Crippen LogP contribution in [0, 0.1) is 5.92 Å². The van der Waals surface area contributed by atoms with Gasteiger partial charge in [0, 0.05) is 31.8 Å². The monoisotopic (exact) mass is 274 g/mol. The highest BCUT2D eigenvalue weighted by molar-refractivity contribution is 5.76. The second-order valence-electron chi connectivity index (χ2n) is 4.96. The molecule has 0 atom stereocenters. The molecule has 2 aromatic heterocycles. The molecule has 6 heteroatoms. The molecule has 6 nitrogen and oxygen atoms in total. The van der Waals surface area contributed by atoms with E-state index in [1.54, 1.807) is 12.4 Å². The zero-order chi connectivity index (χ0) is 14.4. The number of pyridine rings is 1. The molecule has 0 aliphatic carbocycles. The minimum atomic E-state index is 0.0518. The summed E-state index contributed by atoms with van der Waals surface area (Å²) in [5.74, 6) is 1.43. The summed E-state index contributed by atoms with van der Waals surface area (Å²) in [6.45, 7) is 4.54. The molecule has 0 unspecified atom stereocenters. The Morgan fingerprint density at radius 1 is 1.45 bits per heavy atom. The average Bonchev–Trinajstić information content (AvgIpc) is 2.88. The maximum Gasteiger partial charge on any atom is 0.259 e. The molecule has 0 radical (unpaired) electrons. The van der Waals surface area contributed by atoms with E-state index in [-0.39, 0.29) is 5.91 Å². The number of amides is 1. The van der Waals surface area contributed by atoms with Crippen LogP contribution in [0.1, 0.15) is 26.1 Å². The second kappa shape index (κ2) is 6.79. The lowest BCUT2D eigenvalue weighted by Gasteiger charge is -2.05. The molecule has 106 valence electrons. The van der Waals surface area contributed by atoms with Gasteiger partial charge in [-0.05, 0) is 18.1 Å². The molecule has 0 spiro atoms. The fraction of sp³-hybridized carbons (Fsp3) is 0.429. The first-order valence-corrected chi connectivity index (χ1v) is 6.65. The first kappa shape index (κ1) is 14.2. The maximum atomic E-state index is 11.5. The number of hydrogen-bond donors (Lipinski definition) is 1. The van der Waals surface area contributed by atoms with E-state index in [0.717, 1.165) is 5.56 Å². The molecule has 0 aliphatic heterocycles. The summed E-state index contributed by atoms with van der Waals surface area (Å²) < 4.78 is 5.16. The minimum Gasteiger partial charge on any atom is -0.356 e. The van der Waals surface area contributed by atoms with Crippen LogP contribution in [0.3, 0.4) is 0 Å². The Balaban J connectivity index is 1.83. The maximum absolute atomic E-state index is 11.5. The van der Waals surface area contributed by atoms with Crippen molar-refractivity contribution in [2.45, 2.75) is 26.7 Å². The molecular formula is C14H18N4O2. The van der Waals surface area contributed by atoms with E-state index in [1.807, 2.05) is 26.0 Å². The molecule has 0 aromatic carbocycles. The van der Waals surface area contributed by atoms with Crippen LogP contribution in [0.15, 0.2) is 29.0 Å². The topological polar surface area (TPSA) is 80.9 Å². The number of hydrogen-bond acceptors (Lipinski definition) is 5. The van der Waals surface area contributed by atoms with Gasteiger partial charge in [-0.25, -0.2) is 0 Å². The van der Waals surface area contributed by atoms with Crippen LogP contribution >= 0.6 is 0 Å². The van der Waals surface area contributed by atoms with Crippen molar-refractivity contribution in [3.05, 3.63) is 30.4 Å². The van der Waals surface area contributed by atoms with E-state index in [9.17, 15) is 4.79 Å². The minimum absolute atomic E-state index is 0.0518. The van der Waals surface area contributed by atoms with Crippen molar-refractivity contribution in [3.63, 3.8) is 0 Å². The standard InChI is InChI=1S/C14H18N4O2/c1-10(2)8-13(19)16-7-5-12-17-14(20-18-12)11-4-3-6-15-9-11/h3-4,6,9-10H,5,7-8H2,1-2H3,(H,16,19). The summed E-state index contributed by atoms with van der Waals surface area (Å²) in [5, 5.41) is 6.72. The van der Waals surface area contributed by atoms with Gasteiger partial charge in [0.1, 0.15) is 0 Å². The van der Waals surface area contributed by atoms with Gasteiger partial charge in [-0.1, -0.05) is 19.0 Å². The predicted octanol–water partition coefficient (Wildman–Crippen LogP) is 1.84. The van der Waals surface area contributed by atoms with E-state index in [1.165, 1.54) is 0 Å². The molecule has 0 aliphatic rings. The number of carbonyl (C=O) groups excluding carboxylic acids is 1. The fourth-order valence-electron chi connectivity index (χ4n) is 1.72. The second-order valence-corrected chi connectivity index (χ2v) is 4.96. The number of aromatic nitrogens is 3. The van der Waals surface area contributed by atoms with Gasteiger partial charge in [-0.3, -0.25) is 9.78 Å². The Morgan fingerprint density at radius 3 is 3.00 bits per heavy atom. The normalized spacial score (nSPS) is 10.8. The van der Waals surface area contributed by atoms with Gasteiger partial charge in [0.25, 0.3) is 5.89 Å². The van der Waals surface area contributed by atoms with E-state index in [2.05, 4.69) is 20.4 Å². The van der Waals surface area contributed by atoms with Crippen molar-refractivity contribution in [2.24, 2.45) is 5.92 Å². The number of carbonyl (C=O) groups is 1. The summed E-state index contributed by atoms with van der Waals surface area (Å²) in [7, 11) is 0. The van der Waals surface area contributed by atoms with Crippen LogP contribution in [0.25, 0.3) is 11.5 Å². The van der Waals surface area contributed by atoms with Gasteiger partial charge in [-0.15, -0.1) is 0 Å². The van der Waals surface area contributed by atoms with Crippen LogP contribution in [0.4, 0.5) is 0 Å². The molecular weight excluding hydrogens is 256 g/mol. The molecule has 1 amide bonds. The SMILES string of the molecule is CC(C)CC(=O)NCCc1noc(-c2cccnc2)n1. The van der Waals surface area contributed by atoms with Crippen molar-refractivity contribution >= 4 is 5.91 Å². The summed E-state index contributed by atoms with van der Waals surface area (Å²) in [4.78, 5) is 19.8. The summed E-state index contributed by atoms with van der Waals surface area (Å²) in [5.41, 5.74) is 0.787. The van der Waals surface area contributed by atoms with Gasteiger partial charge < -0.3 is 9.84 Å². The largest absolute Gasteiger partial charge is 0.356 e. The molecule has 2 heterocycles. The Kier molecular flexibility index (Phi) is 4.81. The van der Waals surface area contributed by atoms with Crippen LogP contribution < -0.4 is 5.32 Å². The first-order valence-electron chi connectivity index (χ1n) is 6.65. The summed E-state index contributed by atoms with van der Waals surface area (Å²) >= 11 is 0. The van der Waals surface area contributed by atoms with E-state index >= 15 is 0 Å². The average molecular weight is 274 g/mol. The Labute approximate surface area is 117 Å². The van der Waals surface area contributed by atoms with Crippen LogP contribution in [-0.4, -0.2) is 27.6 Å². The molecule has 0 saturated carbocycles. The molecule has 1 N–H and O–H groups in total.